The molecule has 9 nitrogen and oxygen atoms in total. The summed E-state index contributed by atoms with van der Waals surface area (Å²) in [4.78, 5) is 42.5. The van der Waals surface area contributed by atoms with Crippen molar-refractivity contribution in [2.75, 3.05) is 6.61 Å². The number of benzene rings is 2. The number of nitro benzene ring substituents is 1. The first-order chi connectivity index (χ1) is 17.7. The third kappa shape index (κ3) is 5.35. The largest absolute Gasteiger partial charge is 0.507 e. The zero-order valence-electron chi connectivity index (χ0n) is 20.7. The summed E-state index contributed by atoms with van der Waals surface area (Å²) in [6.45, 7) is 6.46. The number of ketones is 1. The number of rotatable bonds is 8. The van der Waals surface area contributed by atoms with Crippen LogP contribution in [0.3, 0.4) is 0 Å². The van der Waals surface area contributed by atoms with Crippen LogP contribution in [0, 0.1) is 23.0 Å². The number of aliphatic hydroxyl groups excluding tert-OH is 1. The van der Waals surface area contributed by atoms with Crippen molar-refractivity contribution < 1.29 is 24.4 Å². The molecule has 2 aromatic carbocycles. The highest BCUT2D eigenvalue weighted by molar-refractivity contribution is 6.46. The Hall–Kier alpha value is -4.53. The van der Waals surface area contributed by atoms with E-state index in [9.17, 15) is 24.8 Å². The molecule has 3 aromatic rings. The number of Topliss-reactive ketones (excluding diaryl/α,β-unsaturated/α-hetero) is 1. The van der Waals surface area contributed by atoms with Gasteiger partial charge in [0.15, 0.2) is 0 Å². The minimum absolute atomic E-state index is 0.0673. The predicted molar refractivity (Wildman–Crippen MR) is 137 cm³/mol. The van der Waals surface area contributed by atoms with E-state index >= 15 is 0 Å². The molecule has 9 heteroatoms. The molecule has 0 unspecified atom stereocenters. The van der Waals surface area contributed by atoms with Crippen molar-refractivity contribution in [3.63, 3.8) is 0 Å². The second kappa shape index (κ2) is 10.6. The van der Waals surface area contributed by atoms with E-state index in [1.165, 1.54) is 29.2 Å². The molecule has 37 heavy (non-hydrogen) atoms. The number of hydrogen-bond donors (Lipinski definition) is 1. The number of carbonyl (C=O) groups is 2. The van der Waals surface area contributed by atoms with Crippen LogP contribution in [0.5, 0.6) is 5.75 Å². The monoisotopic (exact) mass is 501 g/mol. The summed E-state index contributed by atoms with van der Waals surface area (Å²) in [5.41, 5.74) is 2.01. The molecular weight excluding hydrogens is 474 g/mol. The number of aliphatic hydroxyl groups is 1. The van der Waals surface area contributed by atoms with Gasteiger partial charge in [0.05, 0.1) is 23.1 Å². The molecule has 4 rings (SSSR count). The molecule has 1 aliphatic rings. The fourth-order valence-electron chi connectivity index (χ4n) is 4.26. The first-order valence-electron chi connectivity index (χ1n) is 11.8. The number of amides is 1. The zero-order chi connectivity index (χ0) is 26.7. The molecule has 1 aliphatic heterocycles. The summed E-state index contributed by atoms with van der Waals surface area (Å²) in [7, 11) is 0. The van der Waals surface area contributed by atoms with Gasteiger partial charge in [0.2, 0.25) is 0 Å². The molecule has 0 radical (unpaired) electrons. The van der Waals surface area contributed by atoms with Crippen molar-refractivity contribution in [3.8, 4) is 5.75 Å². The van der Waals surface area contributed by atoms with Gasteiger partial charge in [-0.15, -0.1) is 0 Å². The van der Waals surface area contributed by atoms with E-state index in [1.807, 2.05) is 13.8 Å². The van der Waals surface area contributed by atoms with E-state index in [0.717, 1.165) is 0 Å². The quantitative estimate of drug-likeness (QED) is 0.152. The predicted octanol–water partition coefficient (Wildman–Crippen LogP) is 4.95. The lowest BCUT2D eigenvalue weighted by atomic mass is 9.93. The Morgan fingerprint density at radius 2 is 1.89 bits per heavy atom. The van der Waals surface area contributed by atoms with E-state index in [0.29, 0.717) is 40.5 Å². The Labute approximate surface area is 214 Å². The van der Waals surface area contributed by atoms with E-state index in [2.05, 4.69) is 4.98 Å². The lowest BCUT2D eigenvalue weighted by Crippen LogP contribution is -2.29. The van der Waals surface area contributed by atoms with Crippen molar-refractivity contribution in [2.45, 2.75) is 33.4 Å². The number of likely N-dealkylation sites (tertiary alicyclic amines) is 1. The van der Waals surface area contributed by atoms with Gasteiger partial charge in [-0.05, 0) is 65.9 Å². The fraction of sp³-hybridized carbons (Fsp3) is 0.250. The molecule has 1 amide bonds. The standard InChI is InChI=1S/C28H27N3O6/c1-17(2)16-37-22-10-11-23(18(3)13-22)26(32)24-25(20-6-8-21(9-7-20)31(35)36)30(28(34)27(24)33)15-19-5-4-12-29-14-19/h4-14,17,25,32H,15-16H2,1-3H3/t25-/m1/s1. The van der Waals surface area contributed by atoms with Gasteiger partial charge in [-0.3, -0.25) is 24.7 Å². The number of ether oxygens (including phenoxy) is 1. The molecule has 0 aliphatic carbocycles. The van der Waals surface area contributed by atoms with Crippen LogP contribution in [-0.2, 0) is 16.1 Å². The highest BCUT2D eigenvalue weighted by Gasteiger charge is 2.46. The smallest absolute Gasteiger partial charge is 0.295 e. The highest BCUT2D eigenvalue weighted by atomic mass is 16.6. The first-order valence-corrected chi connectivity index (χ1v) is 11.8. The van der Waals surface area contributed by atoms with Gasteiger partial charge in [-0.2, -0.15) is 0 Å². The zero-order valence-corrected chi connectivity index (χ0v) is 20.7. The Kier molecular flexibility index (Phi) is 7.33. The molecule has 2 heterocycles. The van der Waals surface area contributed by atoms with Crippen LogP contribution >= 0.6 is 0 Å². The second-order valence-electron chi connectivity index (χ2n) is 9.32. The number of nitrogens with zero attached hydrogens (tertiary/aromatic N) is 3. The van der Waals surface area contributed by atoms with E-state index in [4.69, 9.17) is 4.74 Å². The van der Waals surface area contributed by atoms with Crippen LogP contribution in [0.15, 0.2) is 72.6 Å². The summed E-state index contributed by atoms with van der Waals surface area (Å²) in [6, 6.07) is 13.3. The van der Waals surface area contributed by atoms with Crippen LogP contribution in [0.1, 0.15) is 42.1 Å². The minimum Gasteiger partial charge on any atom is -0.507 e. The number of non-ortho nitro benzene ring substituents is 1. The number of carbonyl (C=O) groups excluding carboxylic acids is 2. The van der Waals surface area contributed by atoms with Gasteiger partial charge >= 0.3 is 0 Å². The summed E-state index contributed by atoms with van der Waals surface area (Å²) in [5, 5.41) is 22.5. The van der Waals surface area contributed by atoms with Crippen LogP contribution in [0.25, 0.3) is 5.76 Å². The third-order valence-electron chi connectivity index (χ3n) is 6.07. The van der Waals surface area contributed by atoms with E-state index < -0.39 is 22.7 Å². The van der Waals surface area contributed by atoms with Gasteiger partial charge in [0, 0.05) is 36.6 Å². The van der Waals surface area contributed by atoms with Gasteiger partial charge in [-0.1, -0.05) is 19.9 Å². The van der Waals surface area contributed by atoms with Crippen LogP contribution in [0.4, 0.5) is 5.69 Å². The Morgan fingerprint density at radius 1 is 1.16 bits per heavy atom. The molecule has 1 atom stereocenters. The maximum absolute atomic E-state index is 13.3. The Bertz CT molecular complexity index is 1370. The number of aryl methyl sites for hydroxylation is 1. The topological polar surface area (TPSA) is 123 Å². The minimum atomic E-state index is -0.947. The lowest BCUT2D eigenvalue weighted by molar-refractivity contribution is -0.384. The maximum atomic E-state index is 13.3. The fourth-order valence-corrected chi connectivity index (χ4v) is 4.26. The summed E-state index contributed by atoms with van der Waals surface area (Å²) >= 11 is 0. The number of pyridine rings is 1. The summed E-state index contributed by atoms with van der Waals surface area (Å²) < 4.78 is 5.76. The number of hydrogen-bond acceptors (Lipinski definition) is 7. The maximum Gasteiger partial charge on any atom is 0.295 e. The molecule has 0 bridgehead atoms. The van der Waals surface area contributed by atoms with Crippen molar-refractivity contribution in [1.82, 2.24) is 9.88 Å². The van der Waals surface area contributed by atoms with Gasteiger partial charge in [-0.25, -0.2) is 0 Å². The van der Waals surface area contributed by atoms with Crippen LogP contribution < -0.4 is 4.74 Å². The summed E-state index contributed by atoms with van der Waals surface area (Å²) in [5.74, 6) is -0.951. The van der Waals surface area contributed by atoms with E-state index in [-0.39, 0.29) is 23.6 Å². The first kappa shape index (κ1) is 25.6. The molecule has 1 fully saturated rings. The molecule has 1 N–H and O–H groups in total. The van der Waals surface area contributed by atoms with Crippen molar-refractivity contribution in [1.29, 1.82) is 0 Å². The van der Waals surface area contributed by atoms with Crippen molar-refractivity contribution in [2.24, 2.45) is 5.92 Å². The van der Waals surface area contributed by atoms with Gasteiger partial charge in [0.1, 0.15) is 11.5 Å². The molecule has 1 aromatic heterocycles. The van der Waals surface area contributed by atoms with Crippen molar-refractivity contribution >= 4 is 23.1 Å². The molecule has 0 spiro atoms. The Morgan fingerprint density at radius 3 is 2.49 bits per heavy atom. The third-order valence-corrected chi connectivity index (χ3v) is 6.07. The Balaban J connectivity index is 1.81. The van der Waals surface area contributed by atoms with Crippen molar-refractivity contribution in [3.05, 3.63) is 105 Å². The SMILES string of the molecule is Cc1cc(OCC(C)C)ccc1C(O)=C1C(=O)C(=O)N(Cc2cccnc2)[C@@H]1c1ccc([N+](=O)[O-])cc1. The van der Waals surface area contributed by atoms with Crippen LogP contribution in [0.2, 0.25) is 0 Å². The molecule has 190 valence electrons. The van der Waals surface area contributed by atoms with Crippen LogP contribution in [-0.4, -0.2) is 38.2 Å². The van der Waals surface area contributed by atoms with Gasteiger partial charge < -0.3 is 14.7 Å². The van der Waals surface area contributed by atoms with E-state index in [1.54, 1.807) is 49.6 Å². The summed E-state index contributed by atoms with van der Waals surface area (Å²) in [6.07, 6.45) is 3.19. The van der Waals surface area contributed by atoms with Gasteiger partial charge in [0.25, 0.3) is 17.4 Å². The number of nitro groups is 1. The molecule has 1 saturated heterocycles. The average molecular weight is 502 g/mol. The number of aromatic nitrogens is 1. The lowest BCUT2D eigenvalue weighted by Gasteiger charge is -2.25. The molecule has 0 saturated carbocycles. The second-order valence-corrected chi connectivity index (χ2v) is 9.32. The molecular formula is C28H27N3O6. The highest BCUT2D eigenvalue weighted by Crippen LogP contribution is 2.41. The normalized spacial score (nSPS) is 16.9. The average Bonchev–Trinajstić information content (AvgIpc) is 3.12.